The maximum atomic E-state index is 13.3. The van der Waals surface area contributed by atoms with E-state index in [-0.39, 0.29) is 18.0 Å². The number of carbonyl (C=O) groups is 1. The molecule has 1 aromatic carbocycles. The van der Waals surface area contributed by atoms with Gasteiger partial charge in [0, 0.05) is 36.1 Å². The monoisotopic (exact) mass is 532 g/mol. The third-order valence-electron chi connectivity index (χ3n) is 6.43. The molecular formula is C27H28ClF3N4O2. The number of aromatic nitrogens is 2. The molecule has 0 bridgehead atoms. The van der Waals surface area contributed by atoms with E-state index in [1.54, 1.807) is 20.0 Å². The number of ether oxygens (including phenoxy) is 1. The van der Waals surface area contributed by atoms with E-state index in [1.807, 2.05) is 37.3 Å². The number of pyridine rings is 2. The molecule has 0 saturated heterocycles. The minimum Gasteiger partial charge on any atom is -0.462 e. The molecule has 0 radical (unpaired) electrons. The molecule has 2 atom stereocenters. The molecule has 0 fully saturated rings. The minimum absolute atomic E-state index is 0.0730. The smallest absolute Gasteiger partial charge is 0.417 e. The van der Waals surface area contributed by atoms with Crippen molar-refractivity contribution in [3.05, 3.63) is 82.6 Å². The van der Waals surface area contributed by atoms with Gasteiger partial charge in [-0.25, -0.2) is 9.97 Å². The topological polar surface area (TPSA) is 67.3 Å². The number of benzene rings is 1. The second kappa shape index (κ2) is 10.6. The summed E-state index contributed by atoms with van der Waals surface area (Å²) in [7, 11) is 0. The van der Waals surface area contributed by atoms with Crippen molar-refractivity contribution in [2.24, 2.45) is 0 Å². The molecule has 37 heavy (non-hydrogen) atoms. The molecule has 0 spiro atoms. The predicted molar refractivity (Wildman–Crippen MR) is 136 cm³/mol. The second-order valence-corrected chi connectivity index (χ2v) is 10.0. The van der Waals surface area contributed by atoms with Gasteiger partial charge in [0.2, 0.25) is 5.88 Å². The lowest BCUT2D eigenvalue weighted by atomic mass is 9.97. The van der Waals surface area contributed by atoms with Crippen molar-refractivity contribution in [1.29, 1.82) is 0 Å². The zero-order valence-electron chi connectivity index (χ0n) is 20.7. The van der Waals surface area contributed by atoms with Crippen LogP contribution in [0.1, 0.15) is 37.5 Å². The van der Waals surface area contributed by atoms with E-state index in [0.717, 1.165) is 42.0 Å². The fourth-order valence-corrected chi connectivity index (χ4v) is 4.49. The van der Waals surface area contributed by atoms with Gasteiger partial charge < -0.3 is 15.0 Å². The minimum atomic E-state index is -4.50. The third-order valence-corrected chi connectivity index (χ3v) is 6.68. The van der Waals surface area contributed by atoms with E-state index >= 15 is 0 Å². The van der Waals surface area contributed by atoms with Gasteiger partial charge in [-0.3, -0.25) is 4.79 Å². The lowest BCUT2D eigenvalue weighted by molar-refractivity contribution is -0.138. The molecule has 2 unspecified atom stereocenters. The molecule has 4 rings (SSSR count). The fraction of sp³-hybridized carbons (Fsp3) is 0.370. The summed E-state index contributed by atoms with van der Waals surface area (Å²) in [6.07, 6.45) is -0.568. The molecule has 10 heteroatoms. The molecule has 196 valence electrons. The Bertz CT molecular complexity index is 1230. The zero-order valence-corrected chi connectivity index (χ0v) is 21.5. The number of alkyl halides is 3. The van der Waals surface area contributed by atoms with Gasteiger partial charge >= 0.3 is 6.18 Å². The zero-order chi connectivity index (χ0) is 26.8. The first-order valence-electron chi connectivity index (χ1n) is 11.9. The molecule has 2 aromatic heterocycles. The summed E-state index contributed by atoms with van der Waals surface area (Å²) >= 11 is 6.07. The van der Waals surface area contributed by atoms with Gasteiger partial charge in [0.15, 0.2) is 5.60 Å². The summed E-state index contributed by atoms with van der Waals surface area (Å²) in [4.78, 5) is 23.8. The Morgan fingerprint density at radius 2 is 1.86 bits per heavy atom. The van der Waals surface area contributed by atoms with Crippen molar-refractivity contribution in [3.8, 4) is 5.88 Å². The third kappa shape index (κ3) is 6.33. The maximum absolute atomic E-state index is 13.3. The Kier molecular flexibility index (Phi) is 7.64. The Balaban J connectivity index is 1.51. The van der Waals surface area contributed by atoms with Gasteiger partial charge in [-0.1, -0.05) is 29.8 Å². The highest BCUT2D eigenvalue weighted by atomic mass is 35.5. The Labute approximate surface area is 218 Å². The summed E-state index contributed by atoms with van der Waals surface area (Å²) in [5, 5.41) is 3.69. The van der Waals surface area contributed by atoms with Gasteiger partial charge in [0.05, 0.1) is 11.6 Å². The molecule has 1 N–H and O–H groups in total. The van der Waals surface area contributed by atoms with Gasteiger partial charge in [-0.2, -0.15) is 13.2 Å². The Hall–Kier alpha value is -3.33. The molecular weight excluding hydrogens is 505 g/mol. The summed E-state index contributed by atoms with van der Waals surface area (Å²) in [5.74, 6) is 0.409. The van der Waals surface area contributed by atoms with E-state index in [0.29, 0.717) is 17.6 Å². The van der Waals surface area contributed by atoms with Crippen LogP contribution in [0.3, 0.4) is 0 Å². The first-order chi connectivity index (χ1) is 17.4. The molecule has 1 amide bonds. The molecule has 3 heterocycles. The standard InChI is InChI=1S/C27H28ClF3N4O2/c1-17(34-25(36)26(2,3)37-23-11-8-20(16-33-23)27(29,30)31)22(15-18-6-9-21(28)10-7-18)35-14-12-19-5-4-13-32-24(19)35/h4-11,13,16-17,22H,12,14-15H2,1-3H3,(H,34,36). The molecule has 0 aliphatic carbocycles. The van der Waals surface area contributed by atoms with Gasteiger partial charge in [0.1, 0.15) is 5.82 Å². The number of nitrogens with zero attached hydrogens (tertiary/aromatic N) is 3. The maximum Gasteiger partial charge on any atom is 0.417 e. The average Bonchev–Trinajstić information content (AvgIpc) is 3.27. The van der Waals surface area contributed by atoms with Crippen molar-refractivity contribution in [3.63, 3.8) is 0 Å². The highest BCUT2D eigenvalue weighted by Gasteiger charge is 2.37. The van der Waals surface area contributed by atoms with Gasteiger partial charge in [-0.15, -0.1) is 0 Å². The van der Waals surface area contributed by atoms with Gasteiger partial charge in [-0.05, 0) is 69.0 Å². The molecule has 6 nitrogen and oxygen atoms in total. The van der Waals surface area contributed by atoms with Crippen LogP contribution in [-0.4, -0.2) is 40.1 Å². The summed E-state index contributed by atoms with van der Waals surface area (Å²) in [6.45, 7) is 5.79. The molecule has 1 aliphatic rings. The fourth-order valence-electron chi connectivity index (χ4n) is 4.37. The second-order valence-electron chi connectivity index (χ2n) is 9.58. The van der Waals surface area contributed by atoms with Crippen LogP contribution < -0.4 is 15.0 Å². The van der Waals surface area contributed by atoms with Crippen LogP contribution in [0.4, 0.5) is 19.0 Å². The molecule has 0 saturated carbocycles. The number of rotatable bonds is 8. The number of fused-ring (bicyclic) bond motifs is 1. The van der Waals surface area contributed by atoms with Crippen molar-refractivity contribution >= 4 is 23.3 Å². The SMILES string of the molecule is CC(NC(=O)C(C)(C)Oc1ccc(C(F)(F)F)cn1)C(Cc1ccc(Cl)cc1)N1CCc2cccnc21. The van der Waals surface area contributed by atoms with Crippen LogP contribution in [-0.2, 0) is 23.8 Å². The van der Waals surface area contributed by atoms with Crippen molar-refractivity contribution in [2.75, 3.05) is 11.4 Å². The van der Waals surface area contributed by atoms with Crippen LogP contribution in [0.2, 0.25) is 5.02 Å². The van der Waals surface area contributed by atoms with E-state index in [4.69, 9.17) is 16.3 Å². The number of anilines is 1. The normalized spacial score (nSPS) is 15.2. The lowest BCUT2D eigenvalue weighted by Gasteiger charge is -2.36. The van der Waals surface area contributed by atoms with Crippen molar-refractivity contribution < 1.29 is 22.7 Å². The predicted octanol–water partition coefficient (Wildman–Crippen LogP) is 5.48. The number of carbonyl (C=O) groups excluding carboxylic acids is 1. The lowest BCUT2D eigenvalue weighted by Crippen LogP contribution is -2.56. The van der Waals surface area contributed by atoms with Crippen LogP contribution in [0.15, 0.2) is 60.9 Å². The summed E-state index contributed by atoms with van der Waals surface area (Å²) in [5.41, 5.74) is -0.0590. The van der Waals surface area contributed by atoms with E-state index < -0.39 is 23.2 Å². The van der Waals surface area contributed by atoms with Crippen LogP contribution in [0.25, 0.3) is 0 Å². The first kappa shape index (κ1) is 26.7. The quantitative estimate of drug-likeness (QED) is 0.416. The van der Waals surface area contributed by atoms with E-state index in [1.165, 1.54) is 0 Å². The number of hydrogen-bond donors (Lipinski definition) is 1. The first-order valence-corrected chi connectivity index (χ1v) is 12.3. The van der Waals surface area contributed by atoms with E-state index in [2.05, 4.69) is 26.3 Å². The van der Waals surface area contributed by atoms with Gasteiger partial charge in [0.25, 0.3) is 5.91 Å². The van der Waals surface area contributed by atoms with Crippen molar-refractivity contribution in [1.82, 2.24) is 15.3 Å². The largest absolute Gasteiger partial charge is 0.462 e. The number of nitrogens with one attached hydrogen (secondary N) is 1. The van der Waals surface area contributed by atoms with Crippen LogP contribution >= 0.6 is 11.6 Å². The molecule has 1 aliphatic heterocycles. The summed E-state index contributed by atoms with van der Waals surface area (Å²) < 4.78 is 44.2. The number of hydrogen-bond acceptors (Lipinski definition) is 5. The Morgan fingerprint density at radius 3 is 2.51 bits per heavy atom. The van der Waals surface area contributed by atoms with Crippen molar-refractivity contribution in [2.45, 2.75) is 57.5 Å². The van der Waals surface area contributed by atoms with Crippen LogP contribution in [0, 0.1) is 0 Å². The number of halogens is 4. The average molecular weight is 533 g/mol. The van der Waals surface area contributed by atoms with Crippen LogP contribution in [0.5, 0.6) is 5.88 Å². The van der Waals surface area contributed by atoms with E-state index in [9.17, 15) is 18.0 Å². The Morgan fingerprint density at radius 1 is 1.14 bits per heavy atom. The highest BCUT2D eigenvalue weighted by Crippen LogP contribution is 2.31. The summed E-state index contributed by atoms with van der Waals surface area (Å²) in [6, 6.07) is 13.1. The number of amides is 1. The molecule has 3 aromatic rings. The highest BCUT2D eigenvalue weighted by molar-refractivity contribution is 6.30.